The Bertz CT molecular complexity index is 1190. The number of hydrogen-bond donors (Lipinski definition) is 2. The summed E-state index contributed by atoms with van der Waals surface area (Å²) < 4.78 is 35.6. The largest absolute Gasteiger partial charge is 0.449 e. The fraction of sp³-hybridized carbons (Fsp3) is 0.778. The van der Waals surface area contributed by atoms with E-state index in [0.717, 1.165) is 0 Å². The van der Waals surface area contributed by atoms with Crippen molar-refractivity contribution in [2.45, 2.75) is 116 Å². The van der Waals surface area contributed by atoms with Crippen LogP contribution in [-0.4, -0.2) is 74.2 Å². The number of fused-ring (bicyclic) bond motifs is 2. The van der Waals surface area contributed by atoms with E-state index in [1.165, 1.54) is 6.33 Å². The molecule has 2 fully saturated rings. The quantitative estimate of drug-likeness (QED) is 0.392. The number of amides is 1. The van der Waals surface area contributed by atoms with E-state index in [1.54, 1.807) is 10.9 Å². The highest BCUT2D eigenvalue weighted by Gasteiger charge is 2.62. The highest BCUT2D eigenvalue weighted by molar-refractivity contribution is 6.84. The number of imidazole rings is 1. The highest BCUT2D eigenvalue weighted by atomic mass is 28.5. The second-order valence-electron chi connectivity index (χ2n) is 12.9. The van der Waals surface area contributed by atoms with Crippen molar-refractivity contribution >= 4 is 40.2 Å². The van der Waals surface area contributed by atoms with Crippen molar-refractivity contribution in [2.24, 2.45) is 5.92 Å². The molecule has 4 rings (SSSR count). The zero-order chi connectivity index (χ0) is 30.3. The van der Waals surface area contributed by atoms with Gasteiger partial charge in [-0.25, -0.2) is 19.7 Å². The van der Waals surface area contributed by atoms with Crippen LogP contribution in [0.1, 0.15) is 75.5 Å². The van der Waals surface area contributed by atoms with Crippen molar-refractivity contribution in [3.05, 3.63) is 12.7 Å². The van der Waals surface area contributed by atoms with Crippen LogP contribution in [0, 0.1) is 5.92 Å². The van der Waals surface area contributed by atoms with Gasteiger partial charge in [0.15, 0.2) is 17.7 Å². The van der Waals surface area contributed by atoms with Gasteiger partial charge < -0.3 is 33.5 Å². The standard InChI is InChI=1S/C27H48N6O6Si2/c1-15(2)11-35-27(34)32-21-23-20(37-26(21)33-14-31-22-24(28)29-13-30-25(22)33)12-36-40(16(3)4,17(5)6)39-41(38-23,18(7)8)19(9)10/h13-21,23,26H,11-12H2,1-10H3,(H,32,34)(H2,28,29,30)/t20-,21-,23-,26-/m1/s1. The normalized spacial score (nSPS) is 26.1. The zero-order valence-electron chi connectivity index (χ0n) is 26.1. The minimum atomic E-state index is -2.98. The Kier molecular flexibility index (Phi) is 9.51. The SMILES string of the molecule is CC(C)COC(=O)N[C@@H]1[C@@H]2O[Si](C(C)C)(C(C)C)O[Si](C(C)C)(C(C)C)OC[C@H]2O[C@H]1n1cnc2c(N)ncnc21. The van der Waals surface area contributed by atoms with E-state index in [1.807, 2.05) is 13.8 Å². The van der Waals surface area contributed by atoms with Crippen molar-refractivity contribution in [3.63, 3.8) is 0 Å². The molecular weight excluding hydrogens is 561 g/mol. The summed E-state index contributed by atoms with van der Waals surface area (Å²) >= 11 is 0. The fourth-order valence-electron chi connectivity index (χ4n) is 6.02. The van der Waals surface area contributed by atoms with Crippen molar-refractivity contribution in [1.29, 1.82) is 0 Å². The topological polar surface area (TPSA) is 145 Å². The van der Waals surface area contributed by atoms with Crippen molar-refractivity contribution < 1.29 is 27.2 Å². The summed E-state index contributed by atoms with van der Waals surface area (Å²) in [6, 6.07) is -0.642. The summed E-state index contributed by atoms with van der Waals surface area (Å²) in [5, 5.41) is 3.07. The Morgan fingerprint density at radius 2 is 1.66 bits per heavy atom. The van der Waals surface area contributed by atoms with Gasteiger partial charge in [0, 0.05) is 0 Å². The molecule has 1 amide bonds. The molecule has 4 heterocycles. The molecule has 2 aliphatic heterocycles. The van der Waals surface area contributed by atoms with Gasteiger partial charge in [0.1, 0.15) is 30.1 Å². The highest BCUT2D eigenvalue weighted by Crippen LogP contribution is 2.48. The zero-order valence-corrected chi connectivity index (χ0v) is 28.1. The van der Waals surface area contributed by atoms with Gasteiger partial charge in [0.2, 0.25) is 0 Å². The van der Waals surface area contributed by atoms with E-state index in [0.29, 0.717) is 11.2 Å². The first-order valence-electron chi connectivity index (χ1n) is 14.8. The first-order valence-corrected chi connectivity index (χ1v) is 18.7. The minimum absolute atomic E-state index is 0.114. The second-order valence-corrected chi connectivity index (χ2v) is 21.7. The molecule has 4 atom stereocenters. The van der Waals surface area contributed by atoms with E-state index in [-0.39, 0.29) is 47.1 Å². The van der Waals surface area contributed by atoms with Crippen LogP contribution in [0.4, 0.5) is 10.6 Å². The third kappa shape index (κ3) is 5.91. The van der Waals surface area contributed by atoms with Gasteiger partial charge in [-0.3, -0.25) is 4.57 Å². The number of nitrogens with zero attached hydrogens (tertiary/aromatic N) is 4. The molecule has 2 saturated heterocycles. The summed E-state index contributed by atoms with van der Waals surface area (Å²) in [6.07, 6.45) is 0.704. The number of carbonyl (C=O) groups excluding carboxylic acids is 1. The molecule has 41 heavy (non-hydrogen) atoms. The van der Waals surface area contributed by atoms with Crippen LogP contribution in [0.2, 0.25) is 22.2 Å². The van der Waals surface area contributed by atoms with E-state index in [9.17, 15) is 4.79 Å². The van der Waals surface area contributed by atoms with E-state index < -0.39 is 47.7 Å². The Morgan fingerprint density at radius 1 is 1.02 bits per heavy atom. The molecule has 0 radical (unpaired) electrons. The molecule has 2 aromatic heterocycles. The van der Waals surface area contributed by atoms with Crippen LogP contribution < -0.4 is 11.1 Å². The van der Waals surface area contributed by atoms with Crippen molar-refractivity contribution in [1.82, 2.24) is 24.8 Å². The van der Waals surface area contributed by atoms with Crippen LogP contribution in [0.15, 0.2) is 12.7 Å². The van der Waals surface area contributed by atoms with Crippen molar-refractivity contribution in [2.75, 3.05) is 18.9 Å². The van der Waals surface area contributed by atoms with Crippen LogP contribution >= 0.6 is 0 Å². The fourth-order valence-corrected chi connectivity index (χ4v) is 17.2. The lowest BCUT2D eigenvalue weighted by Gasteiger charge is -2.51. The lowest BCUT2D eigenvalue weighted by molar-refractivity contribution is -0.0547. The number of hydrogen-bond acceptors (Lipinski definition) is 10. The molecule has 0 aliphatic carbocycles. The number of aromatic nitrogens is 4. The Balaban J connectivity index is 1.82. The average Bonchev–Trinajstić information content (AvgIpc) is 3.44. The van der Waals surface area contributed by atoms with E-state index >= 15 is 0 Å². The lowest BCUT2D eigenvalue weighted by atomic mass is 10.1. The van der Waals surface area contributed by atoms with Crippen LogP contribution in [0.3, 0.4) is 0 Å². The summed E-state index contributed by atoms with van der Waals surface area (Å²) in [4.78, 5) is 26.1. The van der Waals surface area contributed by atoms with Crippen LogP contribution in [-0.2, 0) is 22.4 Å². The monoisotopic (exact) mass is 608 g/mol. The number of nitrogens with two attached hydrogens (primary N) is 1. The number of nitrogens with one attached hydrogen (secondary N) is 1. The van der Waals surface area contributed by atoms with E-state index in [2.05, 4.69) is 75.7 Å². The number of carbonyl (C=O) groups is 1. The van der Waals surface area contributed by atoms with Crippen molar-refractivity contribution in [3.8, 4) is 0 Å². The number of ether oxygens (including phenoxy) is 2. The molecule has 14 heteroatoms. The van der Waals surface area contributed by atoms with Gasteiger partial charge in [-0.1, -0.05) is 69.2 Å². The van der Waals surface area contributed by atoms with Gasteiger partial charge in [-0.05, 0) is 28.1 Å². The molecule has 2 aliphatic rings. The molecular formula is C27H48N6O6Si2. The first kappa shape index (κ1) is 31.8. The van der Waals surface area contributed by atoms with Gasteiger partial charge >= 0.3 is 23.2 Å². The van der Waals surface area contributed by atoms with Gasteiger partial charge in [0.25, 0.3) is 0 Å². The molecule has 0 spiro atoms. The molecule has 230 valence electrons. The summed E-state index contributed by atoms with van der Waals surface area (Å²) in [5.74, 6) is 0.454. The second kappa shape index (κ2) is 12.2. The summed E-state index contributed by atoms with van der Waals surface area (Å²) in [6.45, 7) is 21.9. The van der Waals surface area contributed by atoms with Crippen LogP contribution in [0.25, 0.3) is 11.2 Å². The Morgan fingerprint density at radius 3 is 2.24 bits per heavy atom. The maximum atomic E-state index is 13.1. The molecule has 2 aromatic rings. The summed E-state index contributed by atoms with van der Waals surface area (Å²) in [7, 11) is -5.75. The average molecular weight is 609 g/mol. The molecule has 0 saturated carbocycles. The van der Waals surface area contributed by atoms with Crippen LogP contribution in [0.5, 0.6) is 0 Å². The van der Waals surface area contributed by atoms with Gasteiger partial charge in [0.05, 0.1) is 19.5 Å². The number of nitrogen functional groups attached to an aromatic ring is 1. The molecule has 0 aromatic carbocycles. The predicted octanol–water partition coefficient (Wildman–Crippen LogP) is 5.01. The van der Waals surface area contributed by atoms with Gasteiger partial charge in [-0.15, -0.1) is 0 Å². The third-order valence-electron chi connectivity index (χ3n) is 8.17. The summed E-state index contributed by atoms with van der Waals surface area (Å²) in [5.41, 5.74) is 7.67. The minimum Gasteiger partial charge on any atom is -0.449 e. The lowest BCUT2D eigenvalue weighted by Crippen LogP contribution is -2.66. The molecule has 12 nitrogen and oxygen atoms in total. The smallest absolute Gasteiger partial charge is 0.407 e. The molecule has 0 unspecified atom stereocenters. The number of rotatable bonds is 8. The molecule has 0 bridgehead atoms. The maximum absolute atomic E-state index is 13.1. The third-order valence-corrected chi connectivity index (χ3v) is 18.4. The van der Waals surface area contributed by atoms with Gasteiger partial charge in [-0.2, -0.15) is 0 Å². The number of alkyl carbamates (subject to hydrolysis) is 1. The predicted molar refractivity (Wildman–Crippen MR) is 161 cm³/mol. The molecule has 3 N–H and O–H groups in total. The Hall–Kier alpha value is -2.11. The Labute approximate surface area is 245 Å². The number of anilines is 1. The maximum Gasteiger partial charge on any atom is 0.407 e. The van der Waals surface area contributed by atoms with E-state index in [4.69, 9.17) is 28.2 Å². The first-order chi connectivity index (χ1) is 19.2.